The Labute approximate surface area is 134 Å². The maximum atomic E-state index is 13.1. The fourth-order valence-corrected chi connectivity index (χ4v) is 3.66. The van der Waals surface area contributed by atoms with Gasteiger partial charge in [0.15, 0.2) is 0 Å². The number of benzene rings is 1. The quantitative estimate of drug-likeness (QED) is 0.800. The number of hydrogen-bond donors (Lipinski definition) is 1. The number of hydrogen-bond acceptors (Lipinski definition) is 4. The molecule has 0 aliphatic rings. The lowest BCUT2D eigenvalue weighted by Gasteiger charge is -2.07. The third-order valence-corrected chi connectivity index (χ3v) is 4.60. The lowest BCUT2D eigenvalue weighted by atomic mass is 10.0. The molecule has 5 nitrogen and oxygen atoms in total. The number of halogens is 1. The van der Waals surface area contributed by atoms with Gasteiger partial charge in [-0.3, -0.25) is 14.2 Å². The van der Waals surface area contributed by atoms with Crippen LogP contribution in [-0.4, -0.2) is 20.6 Å². The molecule has 0 saturated carbocycles. The molecule has 0 aliphatic heterocycles. The number of aryl methyl sites for hydroxylation is 2. The number of aliphatic carboxylic acids is 1. The van der Waals surface area contributed by atoms with E-state index in [1.165, 1.54) is 23.5 Å². The zero-order valence-electron chi connectivity index (χ0n) is 12.5. The van der Waals surface area contributed by atoms with Crippen LogP contribution in [0.15, 0.2) is 29.1 Å². The third kappa shape index (κ3) is 2.63. The molecule has 0 amide bonds. The van der Waals surface area contributed by atoms with Crippen molar-refractivity contribution >= 4 is 27.5 Å². The number of thiophene rings is 1. The minimum Gasteiger partial charge on any atom is -0.480 e. The SMILES string of the molecule is Cc1sc2nc(C)n(CC(=O)O)c(=O)c2c1-c1ccc(F)cc1. The van der Waals surface area contributed by atoms with Crippen molar-refractivity contribution in [2.75, 3.05) is 0 Å². The van der Waals surface area contributed by atoms with Crippen molar-refractivity contribution in [3.05, 3.63) is 51.1 Å². The van der Waals surface area contributed by atoms with Gasteiger partial charge in [0, 0.05) is 10.4 Å². The van der Waals surface area contributed by atoms with Crippen molar-refractivity contribution in [1.82, 2.24) is 9.55 Å². The lowest BCUT2D eigenvalue weighted by molar-refractivity contribution is -0.137. The summed E-state index contributed by atoms with van der Waals surface area (Å²) in [5.41, 5.74) is 1.000. The molecule has 118 valence electrons. The van der Waals surface area contributed by atoms with E-state index in [9.17, 15) is 14.0 Å². The fraction of sp³-hybridized carbons (Fsp3) is 0.188. The summed E-state index contributed by atoms with van der Waals surface area (Å²) >= 11 is 1.37. The molecule has 2 heterocycles. The minimum atomic E-state index is -1.10. The molecule has 0 fully saturated rings. The Balaban J connectivity index is 2.34. The van der Waals surface area contributed by atoms with E-state index in [1.807, 2.05) is 6.92 Å². The first-order valence-electron chi connectivity index (χ1n) is 6.86. The normalized spacial score (nSPS) is 11.1. The molecule has 0 spiro atoms. The van der Waals surface area contributed by atoms with Gasteiger partial charge in [-0.1, -0.05) is 12.1 Å². The number of carboxylic acid groups (broad SMARTS) is 1. The first kappa shape index (κ1) is 15.4. The van der Waals surface area contributed by atoms with Crippen molar-refractivity contribution in [2.24, 2.45) is 0 Å². The van der Waals surface area contributed by atoms with Crippen LogP contribution in [0.4, 0.5) is 4.39 Å². The van der Waals surface area contributed by atoms with Crippen molar-refractivity contribution in [3.63, 3.8) is 0 Å². The Morgan fingerprint density at radius 2 is 1.96 bits per heavy atom. The predicted octanol–water partition coefficient (Wildman–Crippen LogP) is 2.97. The van der Waals surface area contributed by atoms with E-state index in [4.69, 9.17) is 5.11 Å². The summed E-state index contributed by atoms with van der Waals surface area (Å²) in [4.78, 5) is 29.5. The maximum absolute atomic E-state index is 13.1. The van der Waals surface area contributed by atoms with Crippen LogP contribution in [-0.2, 0) is 11.3 Å². The third-order valence-electron chi connectivity index (χ3n) is 3.60. The Bertz CT molecular complexity index is 974. The molecular formula is C16H13FN2O3S. The van der Waals surface area contributed by atoms with Crippen LogP contribution < -0.4 is 5.56 Å². The van der Waals surface area contributed by atoms with E-state index in [2.05, 4.69) is 4.98 Å². The molecule has 0 unspecified atom stereocenters. The zero-order valence-corrected chi connectivity index (χ0v) is 13.3. The smallest absolute Gasteiger partial charge is 0.323 e. The molecule has 3 rings (SSSR count). The lowest BCUT2D eigenvalue weighted by Crippen LogP contribution is -2.27. The highest BCUT2D eigenvalue weighted by Crippen LogP contribution is 2.35. The molecule has 0 aliphatic carbocycles. The predicted molar refractivity (Wildman–Crippen MR) is 86.4 cm³/mol. The summed E-state index contributed by atoms with van der Waals surface area (Å²) in [5.74, 6) is -1.10. The van der Waals surface area contributed by atoms with E-state index >= 15 is 0 Å². The first-order chi connectivity index (χ1) is 10.9. The first-order valence-corrected chi connectivity index (χ1v) is 7.68. The van der Waals surface area contributed by atoms with E-state index in [0.29, 0.717) is 27.2 Å². The summed E-state index contributed by atoms with van der Waals surface area (Å²) < 4.78 is 14.3. The fourth-order valence-electron chi connectivity index (χ4n) is 2.58. The highest BCUT2D eigenvalue weighted by molar-refractivity contribution is 7.19. The Kier molecular flexibility index (Phi) is 3.73. The van der Waals surface area contributed by atoms with Crippen LogP contribution in [0.25, 0.3) is 21.3 Å². The molecule has 23 heavy (non-hydrogen) atoms. The zero-order chi connectivity index (χ0) is 16.7. The summed E-state index contributed by atoms with van der Waals surface area (Å²) in [6.07, 6.45) is 0. The number of carboxylic acids is 1. The van der Waals surface area contributed by atoms with Crippen molar-refractivity contribution in [1.29, 1.82) is 0 Å². The van der Waals surface area contributed by atoms with Crippen LogP contribution >= 0.6 is 11.3 Å². The van der Waals surface area contributed by atoms with Crippen LogP contribution in [0, 0.1) is 19.7 Å². The monoisotopic (exact) mass is 332 g/mol. The summed E-state index contributed by atoms with van der Waals surface area (Å²) in [7, 11) is 0. The van der Waals surface area contributed by atoms with Crippen LogP contribution in [0.3, 0.4) is 0 Å². The molecular weight excluding hydrogens is 319 g/mol. The minimum absolute atomic E-state index is 0.358. The van der Waals surface area contributed by atoms with E-state index in [-0.39, 0.29) is 5.82 Å². The average Bonchev–Trinajstić information content (AvgIpc) is 2.80. The molecule has 0 bridgehead atoms. The van der Waals surface area contributed by atoms with Gasteiger partial charge in [-0.05, 0) is 31.5 Å². The van der Waals surface area contributed by atoms with Crippen LogP contribution in [0.2, 0.25) is 0 Å². The van der Waals surface area contributed by atoms with Crippen molar-refractivity contribution in [3.8, 4) is 11.1 Å². The van der Waals surface area contributed by atoms with Crippen LogP contribution in [0.1, 0.15) is 10.7 Å². The Morgan fingerprint density at radius 3 is 2.57 bits per heavy atom. The number of aromatic nitrogens is 2. The van der Waals surface area contributed by atoms with Gasteiger partial charge < -0.3 is 5.11 Å². The summed E-state index contributed by atoms with van der Waals surface area (Å²) in [5, 5.41) is 9.36. The molecule has 0 atom stereocenters. The highest BCUT2D eigenvalue weighted by atomic mass is 32.1. The van der Waals surface area contributed by atoms with Gasteiger partial charge in [0.1, 0.15) is 23.0 Å². The molecule has 1 N–H and O–H groups in total. The molecule has 2 aromatic heterocycles. The molecule has 0 saturated heterocycles. The summed E-state index contributed by atoms with van der Waals surface area (Å²) in [6, 6.07) is 5.86. The van der Waals surface area contributed by atoms with Gasteiger partial charge in [-0.2, -0.15) is 0 Å². The topological polar surface area (TPSA) is 72.2 Å². The second-order valence-electron chi connectivity index (χ2n) is 5.16. The van der Waals surface area contributed by atoms with E-state index < -0.39 is 18.1 Å². The van der Waals surface area contributed by atoms with Crippen LogP contribution in [0.5, 0.6) is 0 Å². The van der Waals surface area contributed by atoms with Gasteiger partial charge >= 0.3 is 5.97 Å². The van der Waals surface area contributed by atoms with E-state index in [0.717, 1.165) is 9.44 Å². The summed E-state index contributed by atoms with van der Waals surface area (Å²) in [6.45, 7) is 3.03. The average molecular weight is 332 g/mol. The number of nitrogens with zero attached hydrogens (tertiary/aromatic N) is 2. The highest BCUT2D eigenvalue weighted by Gasteiger charge is 2.19. The van der Waals surface area contributed by atoms with Gasteiger partial charge in [-0.25, -0.2) is 9.37 Å². The second-order valence-corrected chi connectivity index (χ2v) is 6.37. The molecule has 0 radical (unpaired) electrons. The number of carbonyl (C=O) groups is 1. The molecule has 3 aromatic rings. The number of fused-ring (bicyclic) bond motifs is 1. The van der Waals surface area contributed by atoms with Gasteiger partial charge in [0.25, 0.3) is 5.56 Å². The molecule has 7 heteroatoms. The Hall–Kier alpha value is -2.54. The molecule has 1 aromatic carbocycles. The van der Waals surface area contributed by atoms with Crippen molar-refractivity contribution < 1.29 is 14.3 Å². The second kappa shape index (κ2) is 5.58. The maximum Gasteiger partial charge on any atom is 0.323 e. The standard InChI is InChI=1S/C16H13FN2O3S/c1-8-13(10-3-5-11(17)6-4-10)14-15(23-8)18-9(2)19(16(14)22)7-12(20)21/h3-6H,7H2,1-2H3,(H,20,21). The van der Waals surface area contributed by atoms with Gasteiger partial charge in [-0.15, -0.1) is 11.3 Å². The Morgan fingerprint density at radius 1 is 1.30 bits per heavy atom. The largest absolute Gasteiger partial charge is 0.480 e. The van der Waals surface area contributed by atoms with E-state index in [1.54, 1.807) is 19.1 Å². The van der Waals surface area contributed by atoms with Gasteiger partial charge in [0.2, 0.25) is 0 Å². The van der Waals surface area contributed by atoms with Gasteiger partial charge in [0.05, 0.1) is 5.39 Å². The number of rotatable bonds is 3. The van der Waals surface area contributed by atoms with Crippen molar-refractivity contribution in [2.45, 2.75) is 20.4 Å².